The van der Waals surface area contributed by atoms with E-state index in [9.17, 15) is 4.79 Å². The van der Waals surface area contributed by atoms with Gasteiger partial charge < -0.3 is 14.4 Å². The summed E-state index contributed by atoms with van der Waals surface area (Å²) in [6.45, 7) is 5.73. The van der Waals surface area contributed by atoms with Crippen LogP contribution in [-0.4, -0.2) is 48.8 Å². The summed E-state index contributed by atoms with van der Waals surface area (Å²) in [5.41, 5.74) is 0.889. The number of anilines is 1. The molecule has 2 aromatic heterocycles. The number of ether oxygens (including phenoxy) is 2. The first-order valence-corrected chi connectivity index (χ1v) is 9.17. The summed E-state index contributed by atoms with van der Waals surface area (Å²) in [6.07, 6.45) is 5.22. The minimum atomic E-state index is -0.290. The van der Waals surface area contributed by atoms with E-state index < -0.39 is 0 Å². The highest BCUT2D eigenvalue weighted by Crippen LogP contribution is 2.35. The van der Waals surface area contributed by atoms with Crippen molar-refractivity contribution < 1.29 is 14.3 Å². The van der Waals surface area contributed by atoms with E-state index in [0.29, 0.717) is 11.5 Å². The van der Waals surface area contributed by atoms with Gasteiger partial charge in [-0.2, -0.15) is 0 Å². The summed E-state index contributed by atoms with van der Waals surface area (Å²) in [6, 6.07) is 0. The molecule has 0 spiro atoms. The van der Waals surface area contributed by atoms with Crippen molar-refractivity contribution in [2.45, 2.75) is 39.2 Å². The lowest BCUT2D eigenvalue weighted by Crippen LogP contribution is -2.33. The Morgan fingerprint density at radius 3 is 3.00 bits per heavy atom. The van der Waals surface area contributed by atoms with Crippen molar-refractivity contribution in [1.82, 2.24) is 9.97 Å². The smallest absolute Gasteiger partial charge is 0.348 e. The van der Waals surface area contributed by atoms with Gasteiger partial charge in [0.1, 0.15) is 21.9 Å². The molecule has 0 aromatic carbocycles. The Balaban J connectivity index is 1.91. The van der Waals surface area contributed by atoms with Gasteiger partial charge in [0.25, 0.3) is 0 Å². The first-order valence-electron chi connectivity index (χ1n) is 8.35. The molecule has 0 radical (unpaired) electrons. The van der Waals surface area contributed by atoms with Crippen LogP contribution in [0.1, 0.15) is 41.4 Å². The maximum Gasteiger partial charge on any atom is 0.348 e. The van der Waals surface area contributed by atoms with Gasteiger partial charge in [-0.25, -0.2) is 14.8 Å². The lowest BCUT2D eigenvalue weighted by atomic mass is 10.1. The first kappa shape index (κ1) is 17.1. The molecule has 0 amide bonds. The van der Waals surface area contributed by atoms with Gasteiger partial charge in [-0.1, -0.05) is 0 Å². The topological polar surface area (TPSA) is 64.5 Å². The van der Waals surface area contributed by atoms with E-state index in [-0.39, 0.29) is 12.1 Å². The lowest BCUT2D eigenvalue weighted by molar-refractivity contribution is 0.0215. The van der Waals surface area contributed by atoms with Crippen molar-refractivity contribution in [3.8, 4) is 0 Å². The molecule has 7 heteroatoms. The average molecular weight is 349 g/mol. The second-order valence-corrected chi connectivity index (χ2v) is 7.02. The van der Waals surface area contributed by atoms with Crippen LogP contribution < -0.4 is 4.90 Å². The number of esters is 1. The molecule has 1 aliphatic rings. The number of aryl methyl sites for hydroxylation is 1. The summed E-state index contributed by atoms with van der Waals surface area (Å²) < 4.78 is 11.0. The Hall–Kier alpha value is -1.73. The predicted octanol–water partition coefficient (Wildman–Crippen LogP) is 3.18. The van der Waals surface area contributed by atoms with Gasteiger partial charge in [-0.15, -0.1) is 11.3 Å². The number of carbonyl (C=O) groups is 1. The molecule has 24 heavy (non-hydrogen) atoms. The number of carbonyl (C=O) groups excluding carboxylic acids is 1. The molecule has 0 N–H and O–H groups in total. The van der Waals surface area contributed by atoms with E-state index in [4.69, 9.17) is 9.47 Å². The van der Waals surface area contributed by atoms with E-state index >= 15 is 0 Å². The normalized spacial score (nSPS) is 17.9. The Bertz CT molecular complexity index is 725. The number of likely N-dealkylation sites (N-methyl/N-ethyl adjacent to an activating group) is 1. The van der Waals surface area contributed by atoms with Crippen LogP contribution >= 0.6 is 11.3 Å². The molecule has 130 valence electrons. The van der Waals surface area contributed by atoms with Gasteiger partial charge >= 0.3 is 5.97 Å². The number of nitrogens with zero attached hydrogens (tertiary/aromatic N) is 3. The third-order valence-electron chi connectivity index (χ3n) is 4.28. The maximum absolute atomic E-state index is 12.1. The zero-order valence-corrected chi connectivity index (χ0v) is 15.2. The third kappa shape index (κ3) is 3.37. The van der Waals surface area contributed by atoms with Gasteiger partial charge in [0.15, 0.2) is 0 Å². The molecular formula is C17H23N3O3S. The van der Waals surface area contributed by atoms with Crippen molar-refractivity contribution >= 4 is 33.3 Å². The predicted molar refractivity (Wildman–Crippen MR) is 95.0 cm³/mol. The fourth-order valence-corrected chi connectivity index (χ4v) is 4.11. The average Bonchev–Trinajstić information content (AvgIpc) is 2.93. The molecule has 1 unspecified atom stereocenters. The first-order chi connectivity index (χ1) is 11.6. The molecule has 1 saturated heterocycles. The Morgan fingerprint density at radius 2 is 2.29 bits per heavy atom. The van der Waals surface area contributed by atoms with E-state index in [1.165, 1.54) is 17.8 Å². The zero-order valence-electron chi connectivity index (χ0n) is 14.4. The molecule has 0 saturated carbocycles. The van der Waals surface area contributed by atoms with Gasteiger partial charge in [0, 0.05) is 20.2 Å². The van der Waals surface area contributed by atoms with Crippen LogP contribution in [0, 0.1) is 6.92 Å². The van der Waals surface area contributed by atoms with Crippen LogP contribution in [0.2, 0.25) is 0 Å². The lowest BCUT2D eigenvalue weighted by Gasteiger charge is -2.28. The number of fused-ring (bicyclic) bond motifs is 1. The molecule has 6 nitrogen and oxygen atoms in total. The monoisotopic (exact) mass is 349 g/mol. The molecular weight excluding hydrogens is 326 g/mol. The fourth-order valence-electron chi connectivity index (χ4n) is 3.08. The largest absolute Gasteiger partial charge is 0.462 e. The number of rotatable bonds is 5. The van der Waals surface area contributed by atoms with Crippen molar-refractivity contribution in [3.63, 3.8) is 0 Å². The number of hydrogen-bond acceptors (Lipinski definition) is 7. The minimum absolute atomic E-state index is 0.234. The Labute approximate surface area is 145 Å². The van der Waals surface area contributed by atoms with Crippen LogP contribution in [0.3, 0.4) is 0 Å². The van der Waals surface area contributed by atoms with Crippen LogP contribution in [0.15, 0.2) is 6.33 Å². The minimum Gasteiger partial charge on any atom is -0.462 e. The van der Waals surface area contributed by atoms with E-state index in [1.807, 2.05) is 20.9 Å². The third-order valence-corrected chi connectivity index (χ3v) is 5.46. The fraction of sp³-hybridized carbons (Fsp3) is 0.588. The van der Waals surface area contributed by atoms with Crippen LogP contribution in [0.5, 0.6) is 0 Å². The number of aromatic nitrogens is 2. The SMILES string of the molecule is CCOC(=O)c1sc2ncnc(N(C)CC3CCCCO3)c2c1C. The number of thiophene rings is 1. The quantitative estimate of drug-likeness (QED) is 0.773. The molecule has 0 bridgehead atoms. The second kappa shape index (κ2) is 7.44. The maximum atomic E-state index is 12.1. The Morgan fingerprint density at radius 1 is 1.46 bits per heavy atom. The molecule has 1 atom stereocenters. The highest BCUT2D eigenvalue weighted by atomic mass is 32.1. The molecule has 2 aromatic rings. The molecule has 0 aliphatic carbocycles. The Kier molecular flexibility index (Phi) is 5.30. The highest BCUT2D eigenvalue weighted by molar-refractivity contribution is 7.20. The molecule has 3 rings (SSSR count). The van der Waals surface area contributed by atoms with Crippen LogP contribution in [0.4, 0.5) is 5.82 Å². The van der Waals surface area contributed by atoms with Crippen molar-refractivity contribution in [1.29, 1.82) is 0 Å². The van der Waals surface area contributed by atoms with Gasteiger partial charge in [0.05, 0.1) is 18.1 Å². The van der Waals surface area contributed by atoms with Crippen molar-refractivity contribution in [2.24, 2.45) is 0 Å². The van der Waals surface area contributed by atoms with E-state index in [1.54, 1.807) is 6.33 Å². The van der Waals surface area contributed by atoms with Crippen LogP contribution in [-0.2, 0) is 9.47 Å². The van der Waals surface area contributed by atoms with Crippen molar-refractivity contribution in [3.05, 3.63) is 16.8 Å². The van der Waals surface area contributed by atoms with Crippen molar-refractivity contribution in [2.75, 3.05) is 31.7 Å². The molecule has 1 fully saturated rings. The molecule has 3 heterocycles. The summed E-state index contributed by atoms with van der Waals surface area (Å²) in [4.78, 5) is 24.5. The standard InChI is InChI=1S/C17H23N3O3S/c1-4-22-17(21)14-11(2)13-15(18-10-19-16(13)24-14)20(3)9-12-7-5-6-8-23-12/h10,12H,4-9H2,1-3H3. The van der Waals surface area contributed by atoms with Crippen LogP contribution in [0.25, 0.3) is 10.2 Å². The van der Waals surface area contributed by atoms with Gasteiger partial charge in [-0.3, -0.25) is 0 Å². The van der Waals surface area contributed by atoms with Gasteiger partial charge in [-0.05, 0) is 38.7 Å². The highest BCUT2D eigenvalue weighted by Gasteiger charge is 2.23. The number of hydrogen-bond donors (Lipinski definition) is 0. The van der Waals surface area contributed by atoms with E-state index in [0.717, 1.165) is 47.6 Å². The summed E-state index contributed by atoms with van der Waals surface area (Å²) >= 11 is 1.37. The van der Waals surface area contributed by atoms with E-state index in [2.05, 4.69) is 14.9 Å². The summed E-state index contributed by atoms with van der Waals surface area (Å²) in [5.74, 6) is 0.556. The summed E-state index contributed by atoms with van der Waals surface area (Å²) in [7, 11) is 2.01. The van der Waals surface area contributed by atoms with Gasteiger partial charge in [0.2, 0.25) is 0 Å². The molecule has 1 aliphatic heterocycles. The second-order valence-electron chi connectivity index (χ2n) is 6.02. The summed E-state index contributed by atoms with van der Waals surface area (Å²) in [5, 5.41) is 0.934. The zero-order chi connectivity index (χ0) is 17.1.